The summed E-state index contributed by atoms with van der Waals surface area (Å²) in [5.41, 5.74) is 0.918. The molecule has 0 spiro atoms. The minimum atomic E-state index is -0.245. The maximum atomic E-state index is 11.9. The number of carbonyl (C=O) groups is 2. The van der Waals surface area contributed by atoms with Crippen LogP contribution in [-0.4, -0.2) is 60.6 Å². The van der Waals surface area contributed by atoms with Crippen molar-refractivity contribution in [3.8, 4) is 0 Å². The number of amides is 2. The highest BCUT2D eigenvalue weighted by Crippen LogP contribution is 1.99. The van der Waals surface area contributed by atoms with Gasteiger partial charge in [-0.1, -0.05) is 6.07 Å². The van der Waals surface area contributed by atoms with Gasteiger partial charge in [0, 0.05) is 44.6 Å². The molecule has 2 rings (SSSR count). The molecule has 1 atom stereocenters. The molecular formula is C15H24Cl2N4O3. The summed E-state index contributed by atoms with van der Waals surface area (Å²) >= 11 is 0. The van der Waals surface area contributed by atoms with Crippen LogP contribution in [-0.2, 0) is 20.9 Å². The molecule has 1 unspecified atom stereocenters. The molecule has 9 heteroatoms. The SMILES string of the molecule is CC1CN(C(=O)COCC(=O)NCc2cccnc2)CCN1.Cl.Cl. The molecule has 1 aliphatic heterocycles. The van der Waals surface area contributed by atoms with Crippen LogP contribution in [0.15, 0.2) is 24.5 Å². The third-order valence-corrected chi connectivity index (χ3v) is 3.39. The highest BCUT2D eigenvalue weighted by Gasteiger charge is 2.20. The topological polar surface area (TPSA) is 83.6 Å². The van der Waals surface area contributed by atoms with E-state index in [1.807, 2.05) is 19.1 Å². The second-order valence-corrected chi connectivity index (χ2v) is 5.33. The molecule has 0 aromatic carbocycles. The minimum absolute atomic E-state index is 0. The van der Waals surface area contributed by atoms with Crippen molar-refractivity contribution in [2.45, 2.75) is 19.5 Å². The number of aromatic nitrogens is 1. The lowest BCUT2D eigenvalue weighted by atomic mass is 10.2. The summed E-state index contributed by atoms with van der Waals surface area (Å²) < 4.78 is 5.19. The predicted molar refractivity (Wildman–Crippen MR) is 95.4 cm³/mol. The van der Waals surface area contributed by atoms with Crippen molar-refractivity contribution in [3.63, 3.8) is 0 Å². The molecule has 1 aromatic rings. The number of ether oxygens (including phenoxy) is 1. The number of carbonyl (C=O) groups excluding carboxylic acids is 2. The normalized spacial score (nSPS) is 16.5. The van der Waals surface area contributed by atoms with Gasteiger partial charge < -0.3 is 20.3 Å². The van der Waals surface area contributed by atoms with Gasteiger partial charge in [0.2, 0.25) is 11.8 Å². The van der Waals surface area contributed by atoms with Gasteiger partial charge in [-0.2, -0.15) is 0 Å². The van der Waals surface area contributed by atoms with E-state index in [0.29, 0.717) is 25.7 Å². The highest BCUT2D eigenvalue weighted by atomic mass is 35.5. The molecule has 7 nitrogen and oxygen atoms in total. The largest absolute Gasteiger partial charge is 0.362 e. The first-order chi connectivity index (χ1) is 10.6. The maximum Gasteiger partial charge on any atom is 0.248 e. The fourth-order valence-electron chi connectivity index (χ4n) is 2.24. The van der Waals surface area contributed by atoms with E-state index in [9.17, 15) is 9.59 Å². The van der Waals surface area contributed by atoms with Crippen LogP contribution in [0.3, 0.4) is 0 Å². The third-order valence-electron chi connectivity index (χ3n) is 3.39. The van der Waals surface area contributed by atoms with E-state index in [1.54, 1.807) is 17.3 Å². The summed E-state index contributed by atoms with van der Waals surface area (Å²) in [6, 6.07) is 3.98. The van der Waals surface area contributed by atoms with Crippen LogP contribution in [0.4, 0.5) is 0 Å². The first-order valence-electron chi connectivity index (χ1n) is 7.39. The summed E-state index contributed by atoms with van der Waals surface area (Å²) in [5.74, 6) is -0.321. The van der Waals surface area contributed by atoms with Crippen molar-refractivity contribution in [3.05, 3.63) is 30.1 Å². The lowest BCUT2D eigenvalue weighted by Crippen LogP contribution is -2.52. The first kappa shape index (κ1) is 22.6. The third kappa shape index (κ3) is 7.92. The lowest BCUT2D eigenvalue weighted by molar-refractivity contribution is -0.139. The molecule has 2 heterocycles. The molecule has 0 aliphatic carbocycles. The van der Waals surface area contributed by atoms with E-state index >= 15 is 0 Å². The van der Waals surface area contributed by atoms with E-state index < -0.39 is 0 Å². The summed E-state index contributed by atoms with van der Waals surface area (Å²) in [5, 5.41) is 5.99. The van der Waals surface area contributed by atoms with Crippen LogP contribution in [0, 0.1) is 0 Å². The van der Waals surface area contributed by atoms with Gasteiger partial charge in [-0.25, -0.2) is 0 Å². The van der Waals surface area contributed by atoms with E-state index in [0.717, 1.165) is 12.1 Å². The molecule has 2 N–H and O–H groups in total. The maximum absolute atomic E-state index is 11.9. The van der Waals surface area contributed by atoms with Gasteiger partial charge in [-0.15, -0.1) is 24.8 Å². The molecule has 0 bridgehead atoms. The Labute approximate surface area is 154 Å². The van der Waals surface area contributed by atoms with Crippen LogP contribution < -0.4 is 10.6 Å². The molecule has 1 fully saturated rings. The molecule has 136 valence electrons. The van der Waals surface area contributed by atoms with Crippen molar-refractivity contribution in [1.29, 1.82) is 0 Å². The average molecular weight is 379 g/mol. The molecule has 2 amide bonds. The zero-order valence-corrected chi connectivity index (χ0v) is 15.2. The first-order valence-corrected chi connectivity index (χ1v) is 7.39. The summed E-state index contributed by atoms with van der Waals surface area (Å²) in [4.78, 5) is 29.3. The number of hydrogen-bond donors (Lipinski definition) is 2. The molecule has 0 radical (unpaired) electrons. The van der Waals surface area contributed by atoms with Crippen LogP contribution in [0.2, 0.25) is 0 Å². The van der Waals surface area contributed by atoms with Gasteiger partial charge in [0.25, 0.3) is 0 Å². The van der Waals surface area contributed by atoms with Gasteiger partial charge in [-0.05, 0) is 18.6 Å². The standard InChI is InChI=1S/C15H22N4O3.2ClH/c1-12-9-19(6-5-17-12)15(21)11-22-10-14(20)18-8-13-3-2-4-16-7-13;;/h2-4,7,12,17H,5-6,8-11H2,1H3,(H,18,20);2*1H. The number of nitrogens with one attached hydrogen (secondary N) is 2. The van der Waals surface area contributed by atoms with Gasteiger partial charge in [0.05, 0.1) is 0 Å². The Bertz CT molecular complexity index is 505. The number of rotatable bonds is 6. The van der Waals surface area contributed by atoms with Crippen molar-refractivity contribution in [1.82, 2.24) is 20.5 Å². The molecule has 24 heavy (non-hydrogen) atoms. The number of nitrogens with zero attached hydrogens (tertiary/aromatic N) is 2. The Balaban J connectivity index is 0.00000264. The fraction of sp³-hybridized carbons (Fsp3) is 0.533. The van der Waals surface area contributed by atoms with Crippen LogP contribution in [0.25, 0.3) is 0 Å². The molecular weight excluding hydrogens is 355 g/mol. The summed E-state index contributed by atoms with van der Waals surface area (Å²) in [6.45, 7) is 4.40. The quantitative estimate of drug-likeness (QED) is 0.747. The van der Waals surface area contributed by atoms with Crippen molar-refractivity contribution in [2.24, 2.45) is 0 Å². The van der Waals surface area contributed by atoms with Crippen molar-refractivity contribution in [2.75, 3.05) is 32.8 Å². The Morgan fingerprint density at radius 3 is 2.88 bits per heavy atom. The number of piperazine rings is 1. The average Bonchev–Trinajstić information content (AvgIpc) is 2.54. The van der Waals surface area contributed by atoms with Crippen LogP contribution in [0.5, 0.6) is 0 Å². The number of pyridine rings is 1. The Hall–Kier alpha value is -1.41. The summed E-state index contributed by atoms with van der Waals surface area (Å²) in [7, 11) is 0. The predicted octanol–water partition coefficient (Wildman–Crippen LogP) is 0.378. The van der Waals surface area contributed by atoms with E-state index in [4.69, 9.17) is 4.74 Å². The lowest BCUT2D eigenvalue weighted by Gasteiger charge is -2.31. The van der Waals surface area contributed by atoms with Gasteiger partial charge >= 0.3 is 0 Å². The minimum Gasteiger partial charge on any atom is -0.362 e. The van der Waals surface area contributed by atoms with Crippen molar-refractivity contribution < 1.29 is 14.3 Å². The van der Waals surface area contributed by atoms with Gasteiger partial charge in [-0.3, -0.25) is 14.6 Å². The van der Waals surface area contributed by atoms with E-state index in [-0.39, 0.29) is 49.8 Å². The van der Waals surface area contributed by atoms with E-state index in [2.05, 4.69) is 15.6 Å². The zero-order valence-electron chi connectivity index (χ0n) is 13.6. The van der Waals surface area contributed by atoms with Crippen LogP contribution >= 0.6 is 24.8 Å². The number of hydrogen-bond acceptors (Lipinski definition) is 5. The van der Waals surface area contributed by atoms with Crippen LogP contribution in [0.1, 0.15) is 12.5 Å². The molecule has 0 saturated carbocycles. The van der Waals surface area contributed by atoms with Crippen molar-refractivity contribution >= 4 is 36.6 Å². The Kier molecular flexibility index (Phi) is 11.3. The fourth-order valence-corrected chi connectivity index (χ4v) is 2.24. The second-order valence-electron chi connectivity index (χ2n) is 5.33. The molecule has 1 aliphatic rings. The monoisotopic (exact) mass is 378 g/mol. The summed E-state index contributed by atoms with van der Waals surface area (Å²) in [6.07, 6.45) is 3.37. The Morgan fingerprint density at radius 2 is 2.21 bits per heavy atom. The Morgan fingerprint density at radius 1 is 1.42 bits per heavy atom. The number of halogens is 2. The second kappa shape index (κ2) is 12.0. The molecule has 1 saturated heterocycles. The van der Waals surface area contributed by atoms with E-state index in [1.165, 1.54) is 0 Å². The highest BCUT2D eigenvalue weighted by molar-refractivity contribution is 5.85. The van der Waals surface area contributed by atoms with Gasteiger partial charge in [0.1, 0.15) is 13.2 Å². The smallest absolute Gasteiger partial charge is 0.248 e. The van der Waals surface area contributed by atoms with Gasteiger partial charge in [0.15, 0.2) is 0 Å². The zero-order chi connectivity index (χ0) is 15.8. The molecule has 1 aromatic heterocycles.